The van der Waals surface area contributed by atoms with Crippen LogP contribution in [0.15, 0.2) is 29.3 Å². The number of nitrogens with one attached hydrogen (secondary N) is 2. The number of hydrogen-bond acceptors (Lipinski definition) is 3. The first-order valence-electron chi connectivity index (χ1n) is 10.8. The molecule has 0 aromatic heterocycles. The molecule has 0 radical (unpaired) electrons. The van der Waals surface area contributed by atoms with Crippen LogP contribution in [-0.4, -0.2) is 32.2 Å². The molecule has 3 aliphatic rings. The molecule has 0 amide bonds. The number of rotatable bonds is 4. The van der Waals surface area contributed by atoms with Gasteiger partial charge in [-0.2, -0.15) is 0 Å². The lowest BCUT2D eigenvalue weighted by Crippen LogP contribution is -2.80. The normalized spacial score (nSPS) is 21.4. The van der Waals surface area contributed by atoms with Crippen LogP contribution in [-0.2, 0) is 17.6 Å². The summed E-state index contributed by atoms with van der Waals surface area (Å²) in [5.41, 5.74) is 5.10. The van der Waals surface area contributed by atoms with Crippen LogP contribution >= 0.6 is 0 Å². The molecule has 0 saturated carbocycles. The molecule has 1 unspecified atom stereocenters. The van der Waals surface area contributed by atoms with Crippen molar-refractivity contribution in [3.8, 4) is 0 Å². The van der Waals surface area contributed by atoms with Crippen LogP contribution in [0.2, 0.25) is 12.6 Å². The van der Waals surface area contributed by atoms with Crippen molar-refractivity contribution in [2.75, 3.05) is 18.4 Å². The number of hydrogen-bond donors (Lipinski definition) is 3. The minimum absolute atomic E-state index is 0.233. The average Bonchev–Trinajstić information content (AvgIpc) is 2.72. The summed E-state index contributed by atoms with van der Waals surface area (Å²) >= 11 is 0. The van der Waals surface area contributed by atoms with Crippen LogP contribution in [0.1, 0.15) is 36.8 Å². The molecule has 5 rings (SSSR count). The molecule has 3 aliphatic heterocycles. The van der Waals surface area contributed by atoms with Crippen molar-refractivity contribution in [1.82, 2.24) is 0 Å². The van der Waals surface area contributed by atoms with Gasteiger partial charge in [0.25, 0.3) is 0 Å². The van der Waals surface area contributed by atoms with Gasteiger partial charge in [-0.15, -0.1) is 0 Å². The Morgan fingerprint density at radius 2 is 2.03 bits per heavy atom. The smallest absolute Gasteiger partial charge is 0.303 e. The van der Waals surface area contributed by atoms with Gasteiger partial charge in [-0.05, 0) is 65.9 Å². The van der Waals surface area contributed by atoms with E-state index in [1.54, 1.807) is 0 Å². The third-order valence-electron chi connectivity index (χ3n) is 6.82. The Morgan fingerprint density at radius 1 is 1.17 bits per heavy atom. The van der Waals surface area contributed by atoms with Crippen molar-refractivity contribution in [2.45, 2.75) is 51.1 Å². The van der Waals surface area contributed by atoms with Crippen LogP contribution in [0.4, 0.5) is 11.4 Å². The Labute approximate surface area is 171 Å². The molecule has 1 atom stereocenters. The highest BCUT2D eigenvalue weighted by molar-refractivity contribution is 7.02. The van der Waals surface area contributed by atoms with E-state index in [4.69, 9.17) is 4.99 Å². The number of carboxylic acid groups (broad SMARTS) is 1. The monoisotopic (exact) mass is 406 g/mol. The third-order valence-corrected chi connectivity index (χ3v) is 11.3. The van der Waals surface area contributed by atoms with E-state index in [0.29, 0.717) is 6.42 Å². The van der Waals surface area contributed by atoms with Crippen molar-refractivity contribution in [3.63, 3.8) is 0 Å². The van der Waals surface area contributed by atoms with Gasteiger partial charge < -0.3 is 10.4 Å². The van der Waals surface area contributed by atoms with Gasteiger partial charge in [-0.3, -0.25) is 4.79 Å². The molecule has 0 aliphatic carbocycles. The van der Waals surface area contributed by atoms with Crippen molar-refractivity contribution >= 4 is 35.8 Å². The number of carbonyl (C=O) groups is 1. The number of anilines is 1. The van der Waals surface area contributed by atoms with E-state index in [-0.39, 0.29) is 6.42 Å². The van der Waals surface area contributed by atoms with Crippen LogP contribution in [0.3, 0.4) is 0 Å². The Kier molecular flexibility index (Phi) is 4.54. The predicted molar refractivity (Wildman–Crippen MR) is 116 cm³/mol. The van der Waals surface area contributed by atoms with E-state index >= 15 is 0 Å². The predicted octanol–water partition coefficient (Wildman–Crippen LogP) is 0.0134. The summed E-state index contributed by atoms with van der Waals surface area (Å²) in [6, 6.07) is 10.2. The lowest BCUT2D eigenvalue weighted by molar-refractivity contribution is -0.505. The molecule has 2 aromatic carbocycles. The largest absolute Gasteiger partial charge is 0.481 e. The van der Waals surface area contributed by atoms with Gasteiger partial charge in [0.15, 0.2) is 0 Å². The van der Waals surface area contributed by atoms with Gasteiger partial charge in [0.1, 0.15) is 14.6 Å². The average molecular weight is 407 g/mol. The zero-order valence-electron chi connectivity index (χ0n) is 17.0. The van der Waals surface area contributed by atoms with Crippen LogP contribution < -0.4 is 31.4 Å². The summed E-state index contributed by atoms with van der Waals surface area (Å²) in [4.78, 5) is 19.9. The van der Waals surface area contributed by atoms with Gasteiger partial charge in [0.2, 0.25) is 5.36 Å². The fraction of sp³-hybridized carbons (Fsp3) is 0.435. The molecule has 150 valence electrons. The number of benzene rings is 2. The highest BCUT2D eigenvalue weighted by Crippen LogP contribution is 2.30. The minimum Gasteiger partial charge on any atom is -0.481 e. The summed E-state index contributed by atoms with van der Waals surface area (Å²) < 4.78 is 0. The summed E-state index contributed by atoms with van der Waals surface area (Å²) in [5, 5.41) is 17.9. The Bertz CT molecular complexity index is 1130. The number of fused-ring (bicyclic) bond motifs is 4. The van der Waals surface area contributed by atoms with E-state index in [0.717, 1.165) is 55.9 Å². The lowest BCUT2D eigenvalue weighted by atomic mass is 10.0. The SMILES string of the molecule is C[Si]1(CCCC(=O)O)c2cc3c(cc2N=c2cc4c(cc21)=[NH+]CCC4)CCCN3. The standard InChI is InChI=1S/C23H27N3O2Si/c1-29(10-4-7-23(27)28)21-13-17-15(5-2-8-24-17)11-19(21)26-20-12-16-6-3-9-25-18(16)14-22(20)29/h11-14,24H,2-10H2,1H3,(H,27,28)/p+1. The second-order valence-electron chi connectivity index (χ2n) is 8.80. The molecular formula is C23H28N3O2Si+. The van der Waals surface area contributed by atoms with Crippen molar-refractivity contribution in [3.05, 3.63) is 46.1 Å². The molecule has 0 saturated heterocycles. The fourth-order valence-corrected chi connectivity index (χ4v) is 9.24. The highest BCUT2D eigenvalue weighted by Gasteiger charge is 2.39. The molecule has 3 N–H and O–H groups in total. The maximum absolute atomic E-state index is 11.2. The first kappa shape index (κ1) is 18.5. The summed E-state index contributed by atoms with van der Waals surface area (Å²) in [6.45, 7) is 4.45. The molecular weight excluding hydrogens is 378 g/mol. The van der Waals surface area contributed by atoms with Crippen LogP contribution in [0, 0.1) is 0 Å². The molecule has 0 spiro atoms. The van der Waals surface area contributed by atoms with Gasteiger partial charge in [-0.25, -0.2) is 9.98 Å². The van der Waals surface area contributed by atoms with E-state index in [9.17, 15) is 9.90 Å². The maximum atomic E-state index is 11.2. The Balaban J connectivity index is 1.71. The topological polar surface area (TPSA) is 75.7 Å². The van der Waals surface area contributed by atoms with E-state index < -0.39 is 14.0 Å². The second kappa shape index (κ2) is 7.09. The highest BCUT2D eigenvalue weighted by atomic mass is 28.3. The summed E-state index contributed by atoms with van der Waals surface area (Å²) in [5.74, 6) is -0.706. The number of aliphatic carboxylic acids is 1. The number of aryl methyl sites for hydroxylation is 2. The van der Waals surface area contributed by atoms with Crippen molar-refractivity contribution in [1.29, 1.82) is 0 Å². The molecule has 0 bridgehead atoms. The van der Waals surface area contributed by atoms with E-state index in [1.165, 1.54) is 32.5 Å². The summed E-state index contributed by atoms with van der Waals surface area (Å²) in [6.07, 6.45) is 5.47. The zero-order chi connectivity index (χ0) is 20.0. The van der Waals surface area contributed by atoms with Gasteiger partial charge in [-0.1, -0.05) is 6.55 Å². The number of nitrogens with zero attached hydrogens (tertiary/aromatic N) is 1. The Hall–Kier alpha value is -2.47. The zero-order valence-corrected chi connectivity index (χ0v) is 18.0. The van der Waals surface area contributed by atoms with Crippen molar-refractivity contribution in [2.24, 2.45) is 4.99 Å². The molecule has 3 heterocycles. The van der Waals surface area contributed by atoms with Crippen molar-refractivity contribution < 1.29 is 14.9 Å². The van der Waals surface area contributed by atoms with Gasteiger partial charge in [0, 0.05) is 36.7 Å². The Morgan fingerprint density at radius 3 is 2.90 bits per heavy atom. The fourth-order valence-electron chi connectivity index (χ4n) is 5.22. The maximum Gasteiger partial charge on any atom is 0.303 e. The van der Waals surface area contributed by atoms with E-state index in [1.807, 2.05) is 0 Å². The van der Waals surface area contributed by atoms with E-state index in [2.05, 4.69) is 41.1 Å². The van der Waals surface area contributed by atoms with Crippen LogP contribution in [0.5, 0.6) is 0 Å². The lowest BCUT2D eigenvalue weighted by Gasteiger charge is -2.34. The molecule has 29 heavy (non-hydrogen) atoms. The second-order valence-corrected chi connectivity index (χ2v) is 13.0. The molecule has 0 fully saturated rings. The molecule has 2 aromatic rings. The third kappa shape index (κ3) is 3.19. The number of carboxylic acids is 1. The first-order valence-corrected chi connectivity index (χ1v) is 13.5. The quantitative estimate of drug-likeness (QED) is 0.627. The molecule has 6 heteroatoms. The van der Waals surface area contributed by atoms with Gasteiger partial charge >= 0.3 is 5.97 Å². The van der Waals surface area contributed by atoms with Crippen LogP contribution in [0.25, 0.3) is 0 Å². The van der Waals surface area contributed by atoms with Gasteiger partial charge in [0.05, 0.1) is 11.0 Å². The summed E-state index contributed by atoms with van der Waals surface area (Å²) in [7, 11) is -2.10. The first-order chi connectivity index (χ1) is 14.0. The minimum atomic E-state index is -2.10. The molecule has 5 nitrogen and oxygen atoms in total.